The second-order valence-corrected chi connectivity index (χ2v) is 6.39. The van der Waals surface area contributed by atoms with Crippen molar-refractivity contribution in [2.24, 2.45) is 0 Å². The molecule has 1 unspecified atom stereocenters. The van der Waals surface area contributed by atoms with E-state index in [4.69, 9.17) is 4.74 Å². The summed E-state index contributed by atoms with van der Waals surface area (Å²) in [6.07, 6.45) is 1.10. The number of halogens is 1. The fourth-order valence-electron chi connectivity index (χ4n) is 1.99. The Labute approximate surface area is 139 Å². The van der Waals surface area contributed by atoms with E-state index in [0.717, 1.165) is 15.6 Å². The molecule has 21 heavy (non-hydrogen) atoms. The molecule has 0 amide bonds. The SMILES string of the molecule is CCC(C)c1ccc(OC(=O)c2ccc(C)c(I)c2)cc1. The van der Waals surface area contributed by atoms with Crippen LogP contribution in [-0.2, 0) is 0 Å². The van der Waals surface area contributed by atoms with Crippen molar-refractivity contribution in [1.29, 1.82) is 0 Å². The van der Waals surface area contributed by atoms with Gasteiger partial charge >= 0.3 is 5.97 Å². The third-order valence-electron chi connectivity index (χ3n) is 3.68. The fourth-order valence-corrected chi connectivity index (χ4v) is 2.50. The van der Waals surface area contributed by atoms with Crippen molar-refractivity contribution in [3.8, 4) is 5.75 Å². The van der Waals surface area contributed by atoms with E-state index < -0.39 is 0 Å². The maximum Gasteiger partial charge on any atom is 0.343 e. The van der Waals surface area contributed by atoms with Gasteiger partial charge in [0.2, 0.25) is 0 Å². The zero-order valence-corrected chi connectivity index (χ0v) is 14.7. The van der Waals surface area contributed by atoms with E-state index in [-0.39, 0.29) is 5.97 Å². The van der Waals surface area contributed by atoms with Crippen molar-refractivity contribution in [3.63, 3.8) is 0 Å². The van der Waals surface area contributed by atoms with E-state index >= 15 is 0 Å². The van der Waals surface area contributed by atoms with Gasteiger partial charge in [-0.1, -0.05) is 32.0 Å². The van der Waals surface area contributed by atoms with Crippen LogP contribution in [0.2, 0.25) is 0 Å². The van der Waals surface area contributed by atoms with Crippen LogP contribution in [0.3, 0.4) is 0 Å². The molecule has 2 aromatic rings. The van der Waals surface area contributed by atoms with E-state index in [1.54, 1.807) is 6.07 Å². The highest BCUT2D eigenvalue weighted by Crippen LogP contribution is 2.22. The number of rotatable bonds is 4. The number of carbonyl (C=O) groups excluding carboxylic acids is 1. The molecule has 1 atom stereocenters. The number of esters is 1. The first-order valence-corrected chi connectivity index (χ1v) is 8.17. The van der Waals surface area contributed by atoms with Gasteiger partial charge in [0, 0.05) is 3.57 Å². The van der Waals surface area contributed by atoms with E-state index in [2.05, 4.69) is 36.4 Å². The molecule has 0 aliphatic carbocycles. The first-order valence-electron chi connectivity index (χ1n) is 7.09. The molecule has 0 fully saturated rings. The molecule has 0 saturated carbocycles. The van der Waals surface area contributed by atoms with Crippen molar-refractivity contribution < 1.29 is 9.53 Å². The van der Waals surface area contributed by atoms with Crippen LogP contribution in [0.25, 0.3) is 0 Å². The average molecular weight is 394 g/mol. The van der Waals surface area contributed by atoms with Gasteiger partial charge in [0.15, 0.2) is 0 Å². The van der Waals surface area contributed by atoms with Gasteiger partial charge in [0.1, 0.15) is 5.75 Å². The molecule has 2 nitrogen and oxygen atoms in total. The number of hydrogen-bond acceptors (Lipinski definition) is 2. The van der Waals surface area contributed by atoms with Crippen LogP contribution >= 0.6 is 22.6 Å². The lowest BCUT2D eigenvalue weighted by Gasteiger charge is -2.10. The Kier molecular flexibility index (Phi) is 5.39. The minimum absolute atomic E-state index is 0.316. The molecular weight excluding hydrogens is 375 g/mol. The van der Waals surface area contributed by atoms with Crippen LogP contribution < -0.4 is 4.74 Å². The third-order valence-corrected chi connectivity index (χ3v) is 4.84. The van der Waals surface area contributed by atoms with Crippen molar-refractivity contribution >= 4 is 28.6 Å². The highest BCUT2D eigenvalue weighted by atomic mass is 127. The smallest absolute Gasteiger partial charge is 0.343 e. The van der Waals surface area contributed by atoms with Gasteiger partial charge in [-0.15, -0.1) is 0 Å². The number of carbonyl (C=O) groups is 1. The Morgan fingerprint density at radius 3 is 2.43 bits per heavy atom. The molecule has 0 bridgehead atoms. The molecule has 0 radical (unpaired) electrons. The minimum atomic E-state index is -0.316. The zero-order valence-electron chi connectivity index (χ0n) is 12.5. The van der Waals surface area contributed by atoms with Gasteiger partial charge in [-0.25, -0.2) is 4.79 Å². The molecule has 0 aliphatic heterocycles. The molecule has 110 valence electrons. The first-order chi connectivity index (χ1) is 10.0. The lowest BCUT2D eigenvalue weighted by atomic mass is 9.99. The van der Waals surface area contributed by atoms with Crippen LogP contribution in [0.1, 0.15) is 47.7 Å². The van der Waals surface area contributed by atoms with E-state index in [1.165, 1.54) is 5.56 Å². The van der Waals surface area contributed by atoms with Crippen molar-refractivity contribution in [1.82, 2.24) is 0 Å². The van der Waals surface area contributed by atoms with Crippen molar-refractivity contribution in [2.75, 3.05) is 0 Å². The number of ether oxygens (including phenoxy) is 1. The van der Waals surface area contributed by atoms with E-state index in [1.807, 2.05) is 43.3 Å². The maximum absolute atomic E-state index is 12.1. The Hall–Kier alpha value is -1.36. The summed E-state index contributed by atoms with van der Waals surface area (Å²) in [6.45, 7) is 6.37. The molecular formula is C18H19IO2. The normalized spacial score (nSPS) is 12.0. The standard InChI is InChI=1S/C18H19IO2/c1-4-12(2)14-7-9-16(10-8-14)21-18(20)15-6-5-13(3)17(19)11-15/h5-12H,4H2,1-3H3. The second kappa shape index (κ2) is 7.07. The largest absolute Gasteiger partial charge is 0.423 e. The second-order valence-electron chi connectivity index (χ2n) is 5.23. The lowest BCUT2D eigenvalue weighted by molar-refractivity contribution is 0.0734. The number of aryl methyl sites for hydroxylation is 1. The van der Waals surface area contributed by atoms with Gasteiger partial charge in [-0.3, -0.25) is 0 Å². The van der Waals surface area contributed by atoms with Gasteiger partial charge in [0.25, 0.3) is 0 Å². The van der Waals surface area contributed by atoms with Gasteiger partial charge in [-0.2, -0.15) is 0 Å². The Morgan fingerprint density at radius 1 is 1.19 bits per heavy atom. The van der Waals surface area contributed by atoms with Crippen LogP contribution in [-0.4, -0.2) is 5.97 Å². The van der Waals surface area contributed by atoms with Crippen LogP contribution in [0.5, 0.6) is 5.75 Å². The summed E-state index contributed by atoms with van der Waals surface area (Å²) in [4.78, 5) is 12.1. The topological polar surface area (TPSA) is 26.3 Å². The molecule has 0 heterocycles. The number of benzene rings is 2. The molecule has 0 saturated heterocycles. The Balaban J connectivity index is 2.10. The lowest BCUT2D eigenvalue weighted by Crippen LogP contribution is -2.09. The molecule has 0 aliphatic rings. The van der Waals surface area contributed by atoms with E-state index in [0.29, 0.717) is 17.2 Å². The van der Waals surface area contributed by atoms with Gasteiger partial charge in [-0.05, 0) is 77.2 Å². The monoisotopic (exact) mass is 394 g/mol. The summed E-state index contributed by atoms with van der Waals surface area (Å²) in [5.74, 6) is 0.792. The van der Waals surface area contributed by atoms with Crippen LogP contribution in [0, 0.1) is 10.5 Å². The summed E-state index contributed by atoms with van der Waals surface area (Å²) in [5, 5.41) is 0. The third kappa shape index (κ3) is 4.06. The Bertz CT molecular complexity index is 632. The predicted octanol–water partition coefficient (Wildman–Crippen LogP) is 5.33. The number of hydrogen-bond donors (Lipinski definition) is 0. The van der Waals surface area contributed by atoms with E-state index in [9.17, 15) is 4.79 Å². The minimum Gasteiger partial charge on any atom is -0.423 e. The maximum atomic E-state index is 12.1. The molecule has 0 aromatic heterocycles. The highest BCUT2D eigenvalue weighted by molar-refractivity contribution is 14.1. The fraction of sp³-hybridized carbons (Fsp3) is 0.278. The zero-order chi connectivity index (χ0) is 15.4. The summed E-state index contributed by atoms with van der Waals surface area (Å²) >= 11 is 2.22. The first kappa shape index (κ1) is 16.0. The Morgan fingerprint density at radius 2 is 1.86 bits per heavy atom. The summed E-state index contributed by atoms with van der Waals surface area (Å²) in [6, 6.07) is 13.4. The molecule has 0 spiro atoms. The summed E-state index contributed by atoms with van der Waals surface area (Å²) in [7, 11) is 0. The predicted molar refractivity (Wildman–Crippen MR) is 94.0 cm³/mol. The van der Waals surface area contributed by atoms with Gasteiger partial charge in [0.05, 0.1) is 5.56 Å². The van der Waals surface area contributed by atoms with Crippen molar-refractivity contribution in [3.05, 3.63) is 62.7 Å². The highest BCUT2D eigenvalue weighted by Gasteiger charge is 2.10. The average Bonchev–Trinajstić information content (AvgIpc) is 2.50. The molecule has 3 heteroatoms. The summed E-state index contributed by atoms with van der Waals surface area (Å²) < 4.78 is 6.49. The molecule has 2 aromatic carbocycles. The van der Waals surface area contributed by atoms with Crippen LogP contribution in [0.4, 0.5) is 0 Å². The van der Waals surface area contributed by atoms with Gasteiger partial charge < -0.3 is 4.74 Å². The summed E-state index contributed by atoms with van der Waals surface area (Å²) in [5.41, 5.74) is 3.00. The molecule has 2 rings (SSSR count). The quantitative estimate of drug-likeness (QED) is 0.398. The molecule has 0 N–H and O–H groups in total. The van der Waals surface area contributed by atoms with Crippen molar-refractivity contribution in [2.45, 2.75) is 33.1 Å². The van der Waals surface area contributed by atoms with Crippen LogP contribution in [0.15, 0.2) is 42.5 Å².